The van der Waals surface area contributed by atoms with Gasteiger partial charge >= 0.3 is 6.03 Å². The molecule has 138 valence electrons. The van der Waals surface area contributed by atoms with E-state index >= 15 is 0 Å². The number of hydrogen-bond donors (Lipinski definition) is 3. The molecular formula is C19H30N4O2. The second-order valence-electron chi connectivity index (χ2n) is 7.51. The van der Waals surface area contributed by atoms with Crippen molar-refractivity contribution in [2.75, 3.05) is 50.8 Å². The van der Waals surface area contributed by atoms with Crippen molar-refractivity contribution in [3.8, 4) is 0 Å². The van der Waals surface area contributed by atoms with Crippen LogP contribution < -0.4 is 15.5 Å². The van der Waals surface area contributed by atoms with Gasteiger partial charge in [-0.25, -0.2) is 4.79 Å². The normalized spacial score (nSPS) is 20.8. The molecule has 25 heavy (non-hydrogen) atoms. The number of piperazine rings is 1. The lowest BCUT2D eigenvalue weighted by atomic mass is 10.1. The number of carbonyl (C=O) groups excluding carboxylic acids is 1. The maximum Gasteiger partial charge on any atom is 0.315 e. The quantitative estimate of drug-likeness (QED) is 0.696. The molecule has 3 N–H and O–H groups in total. The topological polar surface area (TPSA) is 67.8 Å². The lowest BCUT2D eigenvalue weighted by Crippen LogP contribution is -2.52. The number of para-hydroxylation sites is 1. The number of urea groups is 1. The van der Waals surface area contributed by atoms with Gasteiger partial charge in [-0.3, -0.25) is 4.90 Å². The molecule has 1 atom stereocenters. The first kappa shape index (κ1) is 18.0. The van der Waals surface area contributed by atoms with Crippen LogP contribution in [0.4, 0.5) is 10.5 Å². The van der Waals surface area contributed by atoms with E-state index in [4.69, 9.17) is 0 Å². The second-order valence-corrected chi connectivity index (χ2v) is 7.51. The van der Waals surface area contributed by atoms with Gasteiger partial charge in [0.05, 0.1) is 6.61 Å². The third-order valence-corrected chi connectivity index (χ3v) is 5.32. The molecule has 1 aliphatic carbocycles. The number of nitrogens with one attached hydrogen (secondary N) is 2. The summed E-state index contributed by atoms with van der Waals surface area (Å²) in [5.74, 6) is 0. The Bertz CT molecular complexity index is 554. The first-order valence-electron chi connectivity index (χ1n) is 9.28. The van der Waals surface area contributed by atoms with Crippen molar-refractivity contribution in [3.05, 3.63) is 30.3 Å². The van der Waals surface area contributed by atoms with Crippen molar-refractivity contribution in [2.45, 2.75) is 25.8 Å². The Balaban J connectivity index is 1.35. The molecule has 1 heterocycles. The summed E-state index contributed by atoms with van der Waals surface area (Å²) in [7, 11) is 0. The minimum absolute atomic E-state index is 0.0473. The number of benzene rings is 1. The number of nitrogens with zero attached hydrogens (tertiary/aromatic N) is 2. The van der Waals surface area contributed by atoms with E-state index in [0.717, 1.165) is 45.6 Å². The van der Waals surface area contributed by atoms with E-state index in [1.54, 1.807) is 0 Å². The molecule has 0 radical (unpaired) electrons. The van der Waals surface area contributed by atoms with Crippen LogP contribution in [0.3, 0.4) is 0 Å². The Morgan fingerprint density at radius 3 is 2.48 bits per heavy atom. The minimum atomic E-state index is -0.129. The molecule has 2 amide bonds. The fourth-order valence-corrected chi connectivity index (χ4v) is 3.37. The van der Waals surface area contributed by atoms with Crippen LogP contribution in [0, 0.1) is 5.41 Å². The maximum absolute atomic E-state index is 12.0. The van der Waals surface area contributed by atoms with Crippen molar-refractivity contribution in [1.82, 2.24) is 15.5 Å². The summed E-state index contributed by atoms with van der Waals surface area (Å²) in [6.07, 6.45) is 2.01. The van der Waals surface area contributed by atoms with Crippen molar-refractivity contribution in [1.29, 1.82) is 0 Å². The number of aliphatic hydroxyl groups is 1. The smallest absolute Gasteiger partial charge is 0.315 e. The highest BCUT2D eigenvalue weighted by atomic mass is 16.3. The molecule has 1 saturated carbocycles. The number of carbonyl (C=O) groups is 1. The van der Waals surface area contributed by atoms with E-state index < -0.39 is 0 Å². The summed E-state index contributed by atoms with van der Waals surface area (Å²) < 4.78 is 0. The highest BCUT2D eigenvalue weighted by Crippen LogP contribution is 2.44. The van der Waals surface area contributed by atoms with Crippen LogP contribution in [0.15, 0.2) is 30.3 Å². The standard InChI is InChI=1S/C19H30N4O2/c1-16(21-18(25)20-14-19(15-24)7-8-19)13-22-9-11-23(12-10-22)17-5-3-2-4-6-17/h2-6,16,24H,7-15H2,1H3,(H2,20,21,25). The van der Waals surface area contributed by atoms with Crippen LogP contribution in [0.1, 0.15) is 19.8 Å². The van der Waals surface area contributed by atoms with Crippen molar-refractivity contribution >= 4 is 11.7 Å². The summed E-state index contributed by atoms with van der Waals surface area (Å²) in [4.78, 5) is 16.8. The molecule has 1 aromatic carbocycles. The molecule has 0 spiro atoms. The fourth-order valence-electron chi connectivity index (χ4n) is 3.37. The third-order valence-electron chi connectivity index (χ3n) is 5.32. The first-order chi connectivity index (χ1) is 12.1. The van der Waals surface area contributed by atoms with Gasteiger partial charge in [0, 0.05) is 56.4 Å². The number of amides is 2. The summed E-state index contributed by atoms with van der Waals surface area (Å²) in [5.41, 5.74) is 1.24. The van der Waals surface area contributed by atoms with Gasteiger partial charge in [0.25, 0.3) is 0 Å². The van der Waals surface area contributed by atoms with Crippen molar-refractivity contribution in [2.24, 2.45) is 5.41 Å². The van der Waals surface area contributed by atoms with Gasteiger partial charge in [-0.05, 0) is 31.9 Å². The van der Waals surface area contributed by atoms with Gasteiger partial charge in [-0.15, -0.1) is 0 Å². The molecule has 0 bridgehead atoms. The predicted molar refractivity (Wildman–Crippen MR) is 99.8 cm³/mol. The van der Waals surface area contributed by atoms with Gasteiger partial charge in [0.15, 0.2) is 0 Å². The highest BCUT2D eigenvalue weighted by molar-refractivity contribution is 5.74. The van der Waals surface area contributed by atoms with E-state index in [2.05, 4.69) is 44.7 Å². The van der Waals surface area contributed by atoms with Gasteiger partial charge < -0.3 is 20.6 Å². The van der Waals surface area contributed by atoms with E-state index in [-0.39, 0.29) is 24.1 Å². The molecule has 6 nitrogen and oxygen atoms in total. The Hall–Kier alpha value is -1.79. The molecule has 6 heteroatoms. The minimum Gasteiger partial charge on any atom is -0.396 e. The van der Waals surface area contributed by atoms with Gasteiger partial charge in [-0.1, -0.05) is 18.2 Å². The van der Waals surface area contributed by atoms with Gasteiger partial charge in [0.1, 0.15) is 0 Å². The Morgan fingerprint density at radius 1 is 1.20 bits per heavy atom. The molecule has 2 fully saturated rings. The average molecular weight is 346 g/mol. The highest BCUT2D eigenvalue weighted by Gasteiger charge is 2.42. The zero-order chi connectivity index (χ0) is 17.7. The van der Waals surface area contributed by atoms with Gasteiger partial charge in [0.2, 0.25) is 0 Å². The van der Waals surface area contributed by atoms with Crippen LogP contribution in [0.2, 0.25) is 0 Å². The molecular weight excluding hydrogens is 316 g/mol. The molecule has 1 aliphatic heterocycles. The lowest BCUT2D eigenvalue weighted by Gasteiger charge is -2.37. The Morgan fingerprint density at radius 2 is 1.88 bits per heavy atom. The molecule has 3 rings (SSSR count). The molecule has 2 aliphatic rings. The van der Waals surface area contributed by atoms with Crippen molar-refractivity contribution in [3.63, 3.8) is 0 Å². The molecule has 1 aromatic rings. The summed E-state index contributed by atoms with van der Waals surface area (Å²) in [6, 6.07) is 10.5. The number of anilines is 1. The zero-order valence-electron chi connectivity index (χ0n) is 15.1. The molecule has 1 saturated heterocycles. The Kier molecular flexibility index (Phi) is 5.81. The molecule has 1 unspecified atom stereocenters. The SMILES string of the molecule is CC(CN1CCN(c2ccccc2)CC1)NC(=O)NCC1(CO)CC1. The van der Waals surface area contributed by atoms with E-state index in [1.807, 2.05) is 13.0 Å². The number of aliphatic hydroxyl groups excluding tert-OH is 1. The van der Waals surface area contributed by atoms with E-state index in [9.17, 15) is 9.90 Å². The summed E-state index contributed by atoms with van der Waals surface area (Å²) >= 11 is 0. The van der Waals surface area contributed by atoms with Gasteiger partial charge in [-0.2, -0.15) is 0 Å². The number of hydrogen-bond acceptors (Lipinski definition) is 4. The second kappa shape index (κ2) is 8.06. The lowest BCUT2D eigenvalue weighted by molar-refractivity contribution is 0.198. The predicted octanol–water partition coefficient (Wildman–Crippen LogP) is 1.27. The maximum atomic E-state index is 12.0. The zero-order valence-corrected chi connectivity index (χ0v) is 15.1. The summed E-state index contributed by atoms with van der Waals surface area (Å²) in [6.45, 7) is 7.69. The average Bonchev–Trinajstić information content (AvgIpc) is 3.42. The molecule has 0 aromatic heterocycles. The first-order valence-corrected chi connectivity index (χ1v) is 9.28. The largest absolute Gasteiger partial charge is 0.396 e. The fraction of sp³-hybridized carbons (Fsp3) is 0.632. The number of rotatable bonds is 7. The summed E-state index contributed by atoms with van der Waals surface area (Å²) in [5, 5.41) is 15.2. The van der Waals surface area contributed by atoms with Crippen LogP contribution in [-0.2, 0) is 0 Å². The van der Waals surface area contributed by atoms with Crippen LogP contribution in [0.5, 0.6) is 0 Å². The van der Waals surface area contributed by atoms with Crippen molar-refractivity contribution < 1.29 is 9.90 Å². The van der Waals surface area contributed by atoms with Crippen LogP contribution in [0.25, 0.3) is 0 Å². The van der Waals surface area contributed by atoms with Crippen LogP contribution >= 0.6 is 0 Å². The monoisotopic (exact) mass is 346 g/mol. The third kappa shape index (κ3) is 5.09. The van der Waals surface area contributed by atoms with E-state index in [0.29, 0.717) is 6.54 Å². The Labute approximate surface area is 150 Å². The van der Waals surface area contributed by atoms with Crippen LogP contribution in [-0.4, -0.2) is 68.0 Å². The van der Waals surface area contributed by atoms with E-state index in [1.165, 1.54) is 5.69 Å².